The summed E-state index contributed by atoms with van der Waals surface area (Å²) < 4.78 is 11.5. The molecule has 0 fully saturated rings. The zero-order valence-corrected chi connectivity index (χ0v) is 18.6. The number of nitrogen functional groups attached to an aromatic ring is 1. The molecule has 0 spiro atoms. The van der Waals surface area contributed by atoms with Crippen LogP contribution in [-0.2, 0) is 6.61 Å². The molecule has 0 radical (unpaired) electrons. The summed E-state index contributed by atoms with van der Waals surface area (Å²) in [6.45, 7) is 4.14. The van der Waals surface area contributed by atoms with Crippen LogP contribution in [0.3, 0.4) is 0 Å². The van der Waals surface area contributed by atoms with E-state index in [0.717, 1.165) is 27.8 Å². The van der Waals surface area contributed by atoms with Gasteiger partial charge in [0, 0.05) is 5.56 Å². The summed E-state index contributed by atoms with van der Waals surface area (Å²) in [5.41, 5.74) is 12.3. The quantitative estimate of drug-likeness (QED) is 0.585. The molecule has 1 heterocycles. The summed E-state index contributed by atoms with van der Waals surface area (Å²) in [7, 11) is 1.60. The highest BCUT2D eigenvalue weighted by atomic mass is 16.5. The van der Waals surface area contributed by atoms with Crippen LogP contribution < -0.4 is 15.2 Å². The number of rotatable bonds is 5. The summed E-state index contributed by atoms with van der Waals surface area (Å²) in [5, 5.41) is 19.3. The number of nitrogens with two attached hydrogens (primary N) is 1. The minimum atomic E-state index is 0.136. The fourth-order valence-corrected chi connectivity index (χ4v) is 3.99. The average Bonchev–Trinajstić information content (AvgIpc) is 3.09. The molecule has 0 saturated carbocycles. The lowest BCUT2D eigenvalue weighted by molar-refractivity contribution is 0.284. The number of allylic oxidation sites excluding steroid dienone is 3. The minimum absolute atomic E-state index is 0.136. The number of hydrogen-bond acceptors (Lipinski definition) is 6. The van der Waals surface area contributed by atoms with E-state index in [1.54, 1.807) is 7.11 Å². The first kappa shape index (κ1) is 21.7. The van der Waals surface area contributed by atoms with Crippen LogP contribution in [0.4, 0.5) is 5.82 Å². The topological polar surface area (TPSA) is 105 Å². The highest BCUT2D eigenvalue weighted by Gasteiger charge is 2.29. The number of nitriles is 2. The van der Waals surface area contributed by atoms with Gasteiger partial charge in [-0.3, -0.25) is 0 Å². The van der Waals surface area contributed by atoms with Crippen LogP contribution in [0.25, 0.3) is 17.2 Å². The lowest BCUT2D eigenvalue weighted by Crippen LogP contribution is -2.03. The Balaban J connectivity index is 1.74. The third-order valence-corrected chi connectivity index (χ3v) is 5.72. The molecular formula is C27H22N4O2. The second-order valence-electron chi connectivity index (χ2n) is 7.69. The second-order valence-corrected chi connectivity index (χ2v) is 7.69. The molecule has 33 heavy (non-hydrogen) atoms. The van der Waals surface area contributed by atoms with E-state index in [2.05, 4.69) is 17.1 Å². The van der Waals surface area contributed by atoms with Crippen LogP contribution >= 0.6 is 0 Å². The zero-order valence-electron chi connectivity index (χ0n) is 18.6. The SMILES string of the molecule is COc1cc(/C=C2/C(C)=C(C#N)c3nc(N)c(C#N)c(C)c32)ccc1OCc1ccccc1. The van der Waals surface area contributed by atoms with Gasteiger partial charge in [0.2, 0.25) is 0 Å². The number of anilines is 1. The van der Waals surface area contributed by atoms with Gasteiger partial charge in [-0.2, -0.15) is 10.5 Å². The van der Waals surface area contributed by atoms with Gasteiger partial charge in [-0.25, -0.2) is 4.98 Å². The van der Waals surface area contributed by atoms with Gasteiger partial charge >= 0.3 is 0 Å². The average molecular weight is 434 g/mol. The van der Waals surface area contributed by atoms with Crippen molar-refractivity contribution in [2.75, 3.05) is 12.8 Å². The summed E-state index contributed by atoms with van der Waals surface area (Å²) >= 11 is 0. The number of hydrogen-bond donors (Lipinski definition) is 1. The van der Waals surface area contributed by atoms with Crippen molar-refractivity contribution in [2.24, 2.45) is 0 Å². The van der Waals surface area contributed by atoms with Crippen LogP contribution in [0.2, 0.25) is 0 Å². The van der Waals surface area contributed by atoms with Crippen molar-refractivity contribution in [1.29, 1.82) is 10.5 Å². The van der Waals surface area contributed by atoms with E-state index >= 15 is 0 Å². The minimum Gasteiger partial charge on any atom is -0.493 e. The van der Waals surface area contributed by atoms with Crippen molar-refractivity contribution in [3.63, 3.8) is 0 Å². The van der Waals surface area contributed by atoms with Gasteiger partial charge in [-0.1, -0.05) is 36.4 Å². The van der Waals surface area contributed by atoms with Gasteiger partial charge in [0.05, 0.1) is 23.9 Å². The molecule has 6 heteroatoms. The third-order valence-electron chi connectivity index (χ3n) is 5.72. The lowest BCUT2D eigenvalue weighted by atomic mass is 9.95. The maximum absolute atomic E-state index is 9.73. The Morgan fingerprint density at radius 3 is 2.45 bits per heavy atom. The fourth-order valence-electron chi connectivity index (χ4n) is 3.99. The number of benzene rings is 2. The Bertz CT molecular complexity index is 1390. The molecule has 0 aliphatic heterocycles. The van der Waals surface area contributed by atoms with Crippen LogP contribution in [0.1, 0.15) is 40.4 Å². The molecule has 0 unspecified atom stereocenters. The van der Waals surface area contributed by atoms with Crippen LogP contribution in [0, 0.1) is 29.6 Å². The predicted octanol–water partition coefficient (Wildman–Crippen LogP) is 5.28. The maximum atomic E-state index is 9.73. The van der Waals surface area contributed by atoms with Gasteiger partial charge in [-0.15, -0.1) is 0 Å². The smallest absolute Gasteiger partial charge is 0.161 e. The Morgan fingerprint density at radius 1 is 1.03 bits per heavy atom. The molecule has 1 aliphatic carbocycles. The molecule has 3 aromatic rings. The maximum Gasteiger partial charge on any atom is 0.161 e. The third kappa shape index (κ3) is 3.91. The predicted molar refractivity (Wildman–Crippen MR) is 128 cm³/mol. The Labute approximate surface area is 192 Å². The van der Waals surface area contributed by atoms with Crippen LogP contribution in [0.15, 0.2) is 54.1 Å². The van der Waals surface area contributed by atoms with E-state index in [1.807, 2.05) is 68.5 Å². The Morgan fingerprint density at radius 2 is 1.79 bits per heavy atom. The van der Waals surface area contributed by atoms with Crippen molar-refractivity contribution in [3.05, 3.63) is 87.6 Å². The van der Waals surface area contributed by atoms with Crippen molar-refractivity contribution in [1.82, 2.24) is 4.98 Å². The Kier molecular flexibility index (Phi) is 5.85. The normalized spacial score (nSPS) is 13.4. The largest absolute Gasteiger partial charge is 0.493 e. The lowest BCUT2D eigenvalue weighted by Gasteiger charge is -2.13. The Hall–Kier alpha value is -4.55. The van der Waals surface area contributed by atoms with Gasteiger partial charge < -0.3 is 15.2 Å². The zero-order chi connectivity index (χ0) is 23.5. The fraction of sp³-hybridized carbons (Fsp3) is 0.148. The van der Waals surface area contributed by atoms with Crippen molar-refractivity contribution in [2.45, 2.75) is 20.5 Å². The van der Waals surface area contributed by atoms with Crippen molar-refractivity contribution in [3.8, 4) is 23.6 Å². The number of aromatic nitrogens is 1. The number of ether oxygens (including phenoxy) is 2. The van der Waals surface area contributed by atoms with Crippen LogP contribution in [-0.4, -0.2) is 12.1 Å². The number of pyridine rings is 1. The van der Waals surface area contributed by atoms with Gasteiger partial charge in [0.15, 0.2) is 11.5 Å². The molecule has 0 atom stereocenters. The van der Waals surface area contributed by atoms with Crippen molar-refractivity contribution >= 4 is 23.0 Å². The summed E-state index contributed by atoms with van der Waals surface area (Å²) in [5.74, 6) is 1.38. The first-order valence-electron chi connectivity index (χ1n) is 10.4. The van der Waals surface area contributed by atoms with E-state index < -0.39 is 0 Å². The standard InChI is InChI=1S/C27H22N4O2/c1-16-20(25-17(2)22(14-29)27(30)31-26(25)21(16)13-28)11-19-9-10-23(24(12-19)32-3)33-15-18-7-5-4-6-8-18/h4-12H,15H2,1-3H3,(H2,30,31)/b20-11-. The van der Waals surface area contributed by atoms with Crippen LogP contribution in [0.5, 0.6) is 11.5 Å². The van der Waals surface area contributed by atoms with E-state index in [1.165, 1.54) is 0 Å². The molecule has 4 rings (SSSR count). The molecule has 0 amide bonds. The molecule has 2 N–H and O–H groups in total. The van der Waals surface area contributed by atoms with Crippen molar-refractivity contribution < 1.29 is 9.47 Å². The summed E-state index contributed by atoms with van der Waals surface area (Å²) in [4.78, 5) is 4.37. The number of nitrogens with zero attached hydrogens (tertiary/aromatic N) is 3. The molecular weight excluding hydrogens is 412 g/mol. The van der Waals surface area contributed by atoms with E-state index in [4.69, 9.17) is 15.2 Å². The molecule has 162 valence electrons. The molecule has 1 aliphatic rings. The summed E-state index contributed by atoms with van der Waals surface area (Å²) in [6, 6.07) is 20.0. The first-order valence-corrected chi connectivity index (χ1v) is 10.4. The van der Waals surface area contributed by atoms with E-state index in [-0.39, 0.29) is 5.82 Å². The number of methoxy groups -OCH3 is 1. The summed E-state index contributed by atoms with van der Waals surface area (Å²) in [6.07, 6.45) is 1.97. The molecule has 1 aromatic heterocycles. The molecule has 0 bridgehead atoms. The monoisotopic (exact) mass is 434 g/mol. The van der Waals surface area contributed by atoms with E-state index in [9.17, 15) is 10.5 Å². The van der Waals surface area contributed by atoms with E-state index in [0.29, 0.717) is 40.5 Å². The van der Waals surface area contributed by atoms with Gasteiger partial charge in [0.25, 0.3) is 0 Å². The molecule has 0 saturated heterocycles. The number of fused-ring (bicyclic) bond motifs is 1. The molecule has 6 nitrogen and oxygen atoms in total. The van der Waals surface area contributed by atoms with Gasteiger partial charge in [-0.05, 0) is 59.9 Å². The highest BCUT2D eigenvalue weighted by molar-refractivity contribution is 6.08. The van der Waals surface area contributed by atoms with Gasteiger partial charge in [0.1, 0.15) is 24.6 Å². The first-order chi connectivity index (χ1) is 16.0. The molecule has 2 aromatic carbocycles. The second kappa shape index (κ2) is 8.90. The highest BCUT2D eigenvalue weighted by Crippen LogP contribution is 2.44.